The largest absolute Gasteiger partial charge is 0.479 e. The Hall–Kier alpha value is -5.13. The van der Waals surface area contributed by atoms with E-state index in [0.29, 0.717) is 35.4 Å². The maximum Gasteiger partial charge on any atom is 0.270 e. The monoisotopic (exact) mass is 570 g/mol. The minimum absolute atomic E-state index is 0.0180. The minimum Gasteiger partial charge on any atom is -0.479 e. The molecule has 0 radical (unpaired) electrons. The molecule has 0 saturated heterocycles. The van der Waals surface area contributed by atoms with E-state index in [9.17, 15) is 23.6 Å². The fourth-order valence-corrected chi connectivity index (χ4v) is 5.50. The van der Waals surface area contributed by atoms with Gasteiger partial charge in [0, 0.05) is 18.2 Å². The second-order valence-corrected chi connectivity index (χ2v) is 10.4. The van der Waals surface area contributed by atoms with E-state index < -0.39 is 23.7 Å². The van der Waals surface area contributed by atoms with Crippen LogP contribution in [0.3, 0.4) is 0 Å². The summed E-state index contributed by atoms with van der Waals surface area (Å²) < 4.78 is 21.2. The van der Waals surface area contributed by atoms with Crippen LogP contribution >= 0.6 is 0 Å². The number of nitrogens with zero attached hydrogens (tertiary/aromatic N) is 3. The number of benzene rings is 2. The quantitative estimate of drug-likeness (QED) is 0.301. The average molecular weight is 571 g/mol. The number of carbonyl (C=O) groups is 4. The molecule has 42 heavy (non-hydrogen) atoms. The Balaban J connectivity index is 1.22. The number of hydrogen-bond donors (Lipinski definition) is 3. The number of hydrogen-bond acceptors (Lipinski definition) is 7. The molecule has 1 aliphatic heterocycles. The highest BCUT2D eigenvalue weighted by Gasteiger charge is 2.29. The van der Waals surface area contributed by atoms with Crippen LogP contribution in [-0.2, 0) is 17.8 Å². The van der Waals surface area contributed by atoms with Gasteiger partial charge in [-0.15, -0.1) is 0 Å². The SMILES string of the molecule is CC(=O)c1ccc2c(c1C)CC[C@@H]2NC(=O)c1cc(C(=O)NCc2ccc3c(c2)NC(=O)C(C)O3)nc2c(F)cnn12. The Morgan fingerprint density at radius 3 is 2.76 bits per heavy atom. The Kier molecular flexibility index (Phi) is 6.68. The van der Waals surface area contributed by atoms with Crippen molar-refractivity contribution in [2.45, 2.75) is 52.3 Å². The Morgan fingerprint density at radius 1 is 1.17 bits per heavy atom. The molecule has 12 heteroatoms. The van der Waals surface area contributed by atoms with E-state index in [1.807, 2.05) is 13.0 Å². The van der Waals surface area contributed by atoms with Crippen LogP contribution in [0.4, 0.5) is 10.1 Å². The van der Waals surface area contributed by atoms with Gasteiger partial charge in [-0.05, 0) is 68.0 Å². The van der Waals surface area contributed by atoms with Crippen molar-refractivity contribution in [3.05, 3.63) is 87.6 Å². The summed E-state index contributed by atoms with van der Waals surface area (Å²) >= 11 is 0. The molecule has 3 amide bonds. The number of anilines is 1. The van der Waals surface area contributed by atoms with Gasteiger partial charge >= 0.3 is 0 Å². The molecule has 4 aromatic rings. The third kappa shape index (κ3) is 4.74. The van der Waals surface area contributed by atoms with Crippen molar-refractivity contribution in [1.29, 1.82) is 0 Å². The van der Waals surface area contributed by atoms with Gasteiger partial charge in [-0.2, -0.15) is 5.10 Å². The lowest BCUT2D eigenvalue weighted by Gasteiger charge is -2.23. The molecule has 3 N–H and O–H groups in total. The molecule has 0 saturated carbocycles. The second kappa shape index (κ2) is 10.4. The Morgan fingerprint density at radius 2 is 1.98 bits per heavy atom. The molecule has 1 unspecified atom stereocenters. The number of carbonyl (C=O) groups excluding carboxylic acids is 4. The van der Waals surface area contributed by atoms with Gasteiger partial charge in [0.2, 0.25) is 0 Å². The van der Waals surface area contributed by atoms with E-state index in [-0.39, 0.29) is 41.3 Å². The summed E-state index contributed by atoms with van der Waals surface area (Å²) in [6.45, 7) is 5.15. The first-order valence-corrected chi connectivity index (χ1v) is 13.5. The van der Waals surface area contributed by atoms with Gasteiger partial charge in [0.05, 0.1) is 17.9 Å². The van der Waals surface area contributed by atoms with Crippen molar-refractivity contribution < 1.29 is 28.3 Å². The molecule has 1 aliphatic carbocycles. The van der Waals surface area contributed by atoms with E-state index in [1.54, 1.807) is 31.2 Å². The van der Waals surface area contributed by atoms with Crippen LogP contribution in [0.2, 0.25) is 0 Å². The molecule has 2 aromatic heterocycles. The number of Topliss-reactive ketones (excluding diaryl/α,β-unsaturated/α-hetero) is 1. The van der Waals surface area contributed by atoms with Crippen LogP contribution in [0, 0.1) is 12.7 Å². The Labute approximate surface area is 239 Å². The first kappa shape index (κ1) is 27.1. The summed E-state index contributed by atoms with van der Waals surface area (Å²) in [4.78, 5) is 54.6. The van der Waals surface area contributed by atoms with E-state index >= 15 is 0 Å². The predicted octanol–water partition coefficient (Wildman–Crippen LogP) is 3.45. The second-order valence-electron chi connectivity index (χ2n) is 10.4. The number of amides is 3. The zero-order chi connectivity index (χ0) is 29.7. The molecule has 3 heterocycles. The molecule has 11 nitrogen and oxygen atoms in total. The fourth-order valence-electron chi connectivity index (χ4n) is 5.50. The fraction of sp³-hybridized carbons (Fsp3) is 0.267. The molecule has 0 spiro atoms. The lowest BCUT2D eigenvalue weighted by Crippen LogP contribution is -2.34. The van der Waals surface area contributed by atoms with E-state index in [2.05, 4.69) is 26.0 Å². The summed E-state index contributed by atoms with van der Waals surface area (Å²) in [5, 5.41) is 12.4. The molecule has 214 valence electrons. The molecular weight excluding hydrogens is 543 g/mol. The third-order valence-electron chi connectivity index (χ3n) is 7.70. The maximum absolute atomic E-state index is 14.6. The van der Waals surface area contributed by atoms with Crippen molar-refractivity contribution in [3.63, 3.8) is 0 Å². The van der Waals surface area contributed by atoms with E-state index in [1.165, 1.54) is 13.0 Å². The molecule has 2 atom stereocenters. The number of fused-ring (bicyclic) bond motifs is 3. The van der Waals surface area contributed by atoms with Gasteiger partial charge in [-0.25, -0.2) is 13.9 Å². The highest BCUT2D eigenvalue weighted by molar-refractivity contribution is 5.99. The number of nitrogens with one attached hydrogen (secondary N) is 3. The van der Waals surface area contributed by atoms with Gasteiger partial charge < -0.3 is 20.7 Å². The van der Waals surface area contributed by atoms with Crippen molar-refractivity contribution in [3.8, 4) is 5.75 Å². The van der Waals surface area contributed by atoms with Crippen molar-refractivity contribution in [2.24, 2.45) is 0 Å². The number of halogens is 1. The van der Waals surface area contributed by atoms with Gasteiger partial charge in [0.25, 0.3) is 17.7 Å². The molecule has 2 aromatic carbocycles. The summed E-state index contributed by atoms with van der Waals surface area (Å²) in [5.41, 5.74) is 4.20. The zero-order valence-corrected chi connectivity index (χ0v) is 23.1. The molecule has 6 rings (SSSR count). The molecular formula is C30H27FN6O5. The zero-order valence-electron chi connectivity index (χ0n) is 23.1. The number of rotatable bonds is 6. The van der Waals surface area contributed by atoms with Gasteiger partial charge in [0.15, 0.2) is 23.4 Å². The highest BCUT2D eigenvalue weighted by atomic mass is 19.1. The van der Waals surface area contributed by atoms with Crippen molar-refractivity contribution in [1.82, 2.24) is 25.2 Å². The minimum atomic E-state index is -0.781. The van der Waals surface area contributed by atoms with E-state index in [0.717, 1.165) is 27.4 Å². The summed E-state index contributed by atoms with van der Waals surface area (Å²) in [6, 6.07) is 9.69. The van der Waals surface area contributed by atoms with Crippen LogP contribution in [-0.4, -0.2) is 44.2 Å². The third-order valence-corrected chi connectivity index (χ3v) is 7.70. The number of ether oxygens (including phenoxy) is 1. The molecule has 0 fully saturated rings. The average Bonchev–Trinajstić information content (AvgIpc) is 3.55. The highest BCUT2D eigenvalue weighted by Crippen LogP contribution is 2.35. The van der Waals surface area contributed by atoms with Gasteiger partial charge in [-0.3, -0.25) is 19.2 Å². The van der Waals surface area contributed by atoms with Crippen LogP contribution < -0.4 is 20.7 Å². The number of ketones is 1. The molecule has 2 aliphatic rings. The first-order valence-electron chi connectivity index (χ1n) is 13.5. The van der Waals surface area contributed by atoms with Gasteiger partial charge in [-0.1, -0.05) is 18.2 Å². The molecule has 0 bridgehead atoms. The van der Waals surface area contributed by atoms with Crippen LogP contribution in [0.15, 0.2) is 42.6 Å². The Bertz CT molecular complexity index is 1820. The lowest BCUT2D eigenvalue weighted by molar-refractivity contribution is -0.122. The first-order chi connectivity index (χ1) is 20.1. The standard InChI is InChI=1S/C30H27FN6O5/c1-14-18(15(2)38)5-6-20-19(14)7-8-22(20)35-30(41)25-11-24(34-27-21(31)13-33-37(25)27)29(40)32-12-17-4-9-26-23(10-17)36-28(39)16(3)42-26/h4-6,9-11,13,16,22H,7-8,12H2,1-3H3,(H,32,40)(H,35,41)(H,36,39)/t16?,22-/m0/s1. The number of aromatic nitrogens is 3. The van der Waals surface area contributed by atoms with Crippen molar-refractivity contribution >= 4 is 34.8 Å². The van der Waals surface area contributed by atoms with Crippen LogP contribution in [0.5, 0.6) is 5.75 Å². The van der Waals surface area contributed by atoms with Crippen LogP contribution in [0.25, 0.3) is 5.65 Å². The van der Waals surface area contributed by atoms with Crippen molar-refractivity contribution in [2.75, 3.05) is 5.32 Å². The van der Waals surface area contributed by atoms with Gasteiger partial charge in [0.1, 0.15) is 17.1 Å². The van der Waals surface area contributed by atoms with E-state index in [4.69, 9.17) is 4.74 Å². The normalized spacial score (nSPS) is 17.2. The summed E-state index contributed by atoms with van der Waals surface area (Å²) in [5.74, 6) is -1.72. The smallest absolute Gasteiger partial charge is 0.270 e. The summed E-state index contributed by atoms with van der Waals surface area (Å²) in [7, 11) is 0. The predicted molar refractivity (Wildman–Crippen MR) is 149 cm³/mol. The lowest BCUT2D eigenvalue weighted by atomic mass is 9.96. The maximum atomic E-state index is 14.6. The topological polar surface area (TPSA) is 144 Å². The summed E-state index contributed by atoms with van der Waals surface area (Å²) in [6.07, 6.45) is 1.65. The van der Waals surface area contributed by atoms with Crippen LogP contribution in [0.1, 0.15) is 79.9 Å².